The zero-order valence-electron chi connectivity index (χ0n) is 17.9. The van der Waals surface area contributed by atoms with E-state index in [4.69, 9.17) is 5.73 Å². The number of aromatic nitrogens is 2. The molecule has 0 spiro atoms. The molecule has 14 heteroatoms. The number of imidazole rings is 1. The van der Waals surface area contributed by atoms with Gasteiger partial charge in [-0.3, -0.25) is 19.2 Å². The molecule has 182 valence electrons. The number of hydrogen-bond acceptors (Lipinski definition) is 8. The number of nitrogens with one attached hydrogen (secondary N) is 5. The molecule has 2 heterocycles. The first-order valence-electron chi connectivity index (χ1n) is 10.4. The van der Waals surface area contributed by atoms with Crippen molar-refractivity contribution in [1.82, 2.24) is 31.2 Å². The summed E-state index contributed by atoms with van der Waals surface area (Å²) < 4.78 is 0. The van der Waals surface area contributed by atoms with Crippen molar-refractivity contribution in [1.29, 1.82) is 0 Å². The number of aliphatic hydroxyl groups is 1. The largest absolute Gasteiger partial charge is 0.480 e. The van der Waals surface area contributed by atoms with Gasteiger partial charge in [-0.25, -0.2) is 9.78 Å². The summed E-state index contributed by atoms with van der Waals surface area (Å²) in [6.45, 7) is -0.166. The fourth-order valence-electron chi connectivity index (χ4n) is 3.29. The minimum absolute atomic E-state index is 0.0984. The van der Waals surface area contributed by atoms with Crippen molar-refractivity contribution in [2.45, 2.75) is 56.3 Å². The second-order valence-electron chi connectivity index (χ2n) is 7.64. The van der Waals surface area contributed by atoms with Crippen LogP contribution >= 0.6 is 0 Å². The number of nitrogens with zero attached hydrogens (tertiary/aromatic N) is 1. The summed E-state index contributed by atoms with van der Waals surface area (Å²) >= 11 is 0. The normalized spacial score (nSPS) is 18.0. The van der Waals surface area contributed by atoms with Gasteiger partial charge in [-0.2, -0.15) is 0 Å². The molecule has 0 saturated carbocycles. The second-order valence-corrected chi connectivity index (χ2v) is 7.64. The molecular weight excluding hydrogens is 438 g/mol. The Morgan fingerprint density at radius 3 is 2.36 bits per heavy atom. The summed E-state index contributed by atoms with van der Waals surface area (Å²) in [6.07, 6.45) is 3.73. The lowest BCUT2D eigenvalue weighted by Gasteiger charge is -2.24. The first-order chi connectivity index (χ1) is 15.7. The Morgan fingerprint density at radius 2 is 1.82 bits per heavy atom. The predicted octanol–water partition coefficient (Wildman–Crippen LogP) is -3.50. The van der Waals surface area contributed by atoms with E-state index in [-0.39, 0.29) is 19.3 Å². The maximum Gasteiger partial charge on any atom is 0.326 e. The average molecular weight is 467 g/mol. The molecular formula is C19H29N7O7. The molecule has 1 aliphatic heterocycles. The van der Waals surface area contributed by atoms with Crippen LogP contribution in [0.4, 0.5) is 0 Å². The number of nitrogens with two attached hydrogens (primary N) is 1. The van der Waals surface area contributed by atoms with E-state index in [2.05, 4.69) is 31.2 Å². The van der Waals surface area contributed by atoms with Gasteiger partial charge in [0.2, 0.25) is 23.6 Å². The summed E-state index contributed by atoms with van der Waals surface area (Å²) in [7, 11) is 0. The zero-order chi connectivity index (χ0) is 24.4. The SMILES string of the molecule is NC(=O)CCC(NC(=O)C1CCCN1)C(=O)NC(CO)C(=O)NC(Cc1cnc[nH]1)C(=O)O. The number of carbonyl (C=O) groups excluding carboxylic acids is 4. The van der Waals surface area contributed by atoms with Crippen LogP contribution in [-0.2, 0) is 30.4 Å². The lowest BCUT2D eigenvalue weighted by atomic mass is 10.1. The van der Waals surface area contributed by atoms with Crippen LogP contribution in [0.25, 0.3) is 0 Å². The van der Waals surface area contributed by atoms with Crippen LogP contribution < -0.4 is 27.0 Å². The van der Waals surface area contributed by atoms with Gasteiger partial charge in [0.15, 0.2) is 0 Å². The van der Waals surface area contributed by atoms with E-state index < -0.39 is 60.4 Å². The van der Waals surface area contributed by atoms with Crippen LogP contribution in [0.1, 0.15) is 31.4 Å². The zero-order valence-corrected chi connectivity index (χ0v) is 17.9. The van der Waals surface area contributed by atoms with Crippen molar-refractivity contribution in [3.63, 3.8) is 0 Å². The lowest BCUT2D eigenvalue weighted by Crippen LogP contribution is -2.58. The third-order valence-corrected chi connectivity index (χ3v) is 5.10. The average Bonchev–Trinajstić information content (AvgIpc) is 3.48. The van der Waals surface area contributed by atoms with E-state index in [1.807, 2.05) is 0 Å². The van der Waals surface area contributed by atoms with E-state index in [9.17, 15) is 34.2 Å². The lowest BCUT2D eigenvalue weighted by molar-refractivity contribution is -0.142. The highest BCUT2D eigenvalue weighted by atomic mass is 16.4. The van der Waals surface area contributed by atoms with Crippen LogP contribution in [0.2, 0.25) is 0 Å². The molecule has 1 fully saturated rings. The van der Waals surface area contributed by atoms with Gasteiger partial charge in [-0.15, -0.1) is 0 Å². The summed E-state index contributed by atoms with van der Waals surface area (Å²) in [6, 6.07) is -4.50. The maximum absolute atomic E-state index is 12.7. The monoisotopic (exact) mass is 467 g/mol. The van der Waals surface area contributed by atoms with Crippen LogP contribution in [0.3, 0.4) is 0 Å². The maximum atomic E-state index is 12.7. The molecule has 1 aliphatic rings. The van der Waals surface area contributed by atoms with Crippen molar-refractivity contribution in [3.05, 3.63) is 18.2 Å². The number of aromatic amines is 1. The molecule has 1 aromatic rings. The van der Waals surface area contributed by atoms with Crippen molar-refractivity contribution in [2.24, 2.45) is 5.73 Å². The minimum Gasteiger partial charge on any atom is -0.480 e. The minimum atomic E-state index is -1.49. The van der Waals surface area contributed by atoms with E-state index in [1.54, 1.807) is 0 Å². The number of carboxylic acid groups (broad SMARTS) is 1. The van der Waals surface area contributed by atoms with Crippen molar-refractivity contribution < 1.29 is 34.2 Å². The molecule has 4 unspecified atom stereocenters. The number of rotatable bonds is 13. The molecule has 1 saturated heterocycles. The molecule has 33 heavy (non-hydrogen) atoms. The summed E-state index contributed by atoms with van der Waals surface area (Å²) in [5.41, 5.74) is 5.61. The Kier molecular flexibility index (Phi) is 9.75. The molecule has 4 amide bonds. The Bertz CT molecular complexity index is 840. The van der Waals surface area contributed by atoms with Crippen LogP contribution in [0.5, 0.6) is 0 Å². The summed E-state index contributed by atoms with van der Waals surface area (Å²) in [5, 5.41) is 29.0. The molecule has 0 radical (unpaired) electrons. The number of carbonyl (C=O) groups is 5. The third kappa shape index (κ3) is 8.16. The van der Waals surface area contributed by atoms with E-state index in [1.165, 1.54) is 12.5 Å². The highest BCUT2D eigenvalue weighted by Gasteiger charge is 2.31. The highest BCUT2D eigenvalue weighted by Crippen LogP contribution is 2.07. The summed E-state index contributed by atoms with van der Waals surface area (Å²) in [4.78, 5) is 66.8. The fourth-order valence-corrected chi connectivity index (χ4v) is 3.29. The number of carboxylic acids is 1. The van der Waals surface area contributed by atoms with Gasteiger partial charge in [0.05, 0.1) is 19.0 Å². The van der Waals surface area contributed by atoms with Crippen LogP contribution in [0, 0.1) is 0 Å². The fraction of sp³-hybridized carbons (Fsp3) is 0.579. The van der Waals surface area contributed by atoms with Crippen LogP contribution in [0.15, 0.2) is 12.5 Å². The van der Waals surface area contributed by atoms with Crippen molar-refractivity contribution >= 4 is 29.6 Å². The summed E-state index contributed by atoms with van der Waals surface area (Å²) in [5.74, 6) is -4.20. The van der Waals surface area contributed by atoms with E-state index in [0.717, 1.165) is 6.42 Å². The van der Waals surface area contributed by atoms with Gasteiger partial charge in [-0.1, -0.05) is 0 Å². The van der Waals surface area contributed by atoms with Gasteiger partial charge in [0.1, 0.15) is 18.1 Å². The van der Waals surface area contributed by atoms with Crippen molar-refractivity contribution in [3.8, 4) is 0 Å². The third-order valence-electron chi connectivity index (χ3n) is 5.10. The molecule has 4 atom stereocenters. The Balaban J connectivity index is 2.01. The Labute approximate surface area is 189 Å². The number of amides is 4. The highest BCUT2D eigenvalue weighted by molar-refractivity contribution is 5.94. The Morgan fingerprint density at radius 1 is 1.12 bits per heavy atom. The van der Waals surface area contributed by atoms with Crippen LogP contribution in [-0.4, -0.2) is 87.1 Å². The predicted molar refractivity (Wildman–Crippen MR) is 112 cm³/mol. The first-order valence-corrected chi connectivity index (χ1v) is 10.4. The molecule has 9 N–H and O–H groups in total. The molecule has 0 bridgehead atoms. The molecule has 14 nitrogen and oxygen atoms in total. The van der Waals surface area contributed by atoms with Gasteiger partial charge in [0, 0.05) is 24.7 Å². The van der Waals surface area contributed by atoms with Gasteiger partial charge in [-0.05, 0) is 25.8 Å². The number of aliphatic carboxylic acids is 1. The smallest absolute Gasteiger partial charge is 0.326 e. The topological polar surface area (TPSA) is 229 Å². The number of H-pyrrole nitrogens is 1. The van der Waals surface area contributed by atoms with Crippen molar-refractivity contribution in [2.75, 3.05) is 13.2 Å². The number of aliphatic hydroxyl groups excluding tert-OH is 1. The molecule has 1 aromatic heterocycles. The standard InChI is InChI=1S/C19H29N7O7/c20-15(28)4-3-12(24-16(29)11-2-1-5-22-11)17(30)26-14(8-27)18(31)25-13(19(32)33)6-10-7-21-9-23-10/h7,9,11-14,22,27H,1-6,8H2,(H2,20,28)(H,21,23)(H,24,29)(H,25,31)(H,26,30)(H,32,33). The van der Waals surface area contributed by atoms with Gasteiger partial charge < -0.3 is 42.2 Å². The van der Waals surface area contributed by atoms with Gasteiger partial charge in [0.25, 0.3) is 0 Å². The van der Waals surface area contributed by atoms with E-state index in [0.29, 0.717) is 18.7 Å². The first kappa shape index (κ1) is 25.7. The number of hydrogen-bond donors (Lipinski definition) is 8. The molecule has 0 aromatic carbocycles. The van der Waals surface area contributed by atoms with Gasteiger partial charge >= 0.3 is 5.97 Å². The van der Waals surface area contributed by atoms with E-state index >= 15 is 0 Å². The molecule has 2 rings (SSSR count). The quantitative estimate of drug-likeness (QED) is 0.144. The Hall–Kier alpha value is -3.52. The molecule has 0 aliphatic carbocycles. The second kappa shape index (κ2) is 12.5. The number of primary amides is 1.